The molecule has 1 amide bonds. The highest BCUT2D eigenvalue weighted by Crippen LogP contribution is 2.31. The molecule has 0 bridgehead atoms. The zero-order chi connectivity index (χ0) is 16.9. The fraction of sp³-hybridized carbons (Fsp3) is 0.158. The molecule has 0 aliphatic carbocycles. The van der Waals surface area contributed by atoms with Crippen molar-refractivity contribution in [3.63, 3.8) is 0 Å². The van der Waals surface area contributed by atoms with E-state index in [1.54, 1.807) is 19.4 Å². The van der Waals surface area contributed by atoms with Crippen LogP contribution in [0.15, 0.2) is 54.7 Å². The average molecular weight is 338 g/mol. The van der Waals surface area contributed by atoms with Gasteiger partial charge in [0.2, 0.25) is 0 Å². The highest BCUT2D eigenvalue weighted by molar-refractivity contribution is 7.19. The number of aryl methyl sites for hydroxylation is 1. The van der Waals surface area contributed by atoms with Crippen LogP contribution >= 0.6 is 11.3 Å². The fourth-order valence-corrected chi connectivity index (χ4v) is 3.35. The number of nitrogens with zero attached hydrogens (tertiary/aromatic N) is 1. The topological polar surface area (TPSA) is 51.2 Å². The molecule has 1 N–H and O–H groups in total. The van der Waals surface area contributed by atoms with E-state index < -0.39 is 0 Å². The molecule has 3 rings (SSSR count). The zero-order valence-electron chi connectivity index (χ0n) is 13.6. The first kappa shape index (κ1) is 16.4. The van der Waals surface area contributed by atoms with Gasteiger partial charge < -0.3 is 4.74 Å². The van der Waals surface area contributed by atoms with Crippen LogP contribution in [0.3, 0.4) is 0 Å². The summed E-state index contributed by atoms with van der Waals surface area (Å²) in [4.78, 5) is 17.8. The molecule has 1 aromatic heterocycles. The van der Waals surface area contributed by atoms with E-state index >= 15 is 0 Å². The Bertz CT molecular complexity index is 858. The average Bonchev–Trinajstić information content (AvgIpc) is 3.04. The Balaban J connectivity index is 1.76. The number of nitrogens with one attached hydrogen (secondary N) is 1. The lowest BCUT2D eigenvalue weighted by Gasteiger charge is -2.04. The quantitative estimate of drug-likeness (QED) is 0.744. The van der Waals surface area contributed by atoms with Crippen LogP contribution in [-0.4, -0.2) is 18.0 Å². The SMILES string of the molecule is COCc1cccc(C(=O)Nc2ncc(-c3ccccc3C)s2)c1. The van der Waals surface area contributed by atoms with Gasteiger partial charge in [-0.1, -0.05) is 47.7 Å². The van der Waals surface area contributed by atoms with E-state index in [0.29, 0.717) is 17.3 Å². The number of aromatic nitrogens is 1. The number of rotatable bonds is 5. The molecule has 4 nitrogen and oxygen atoms in total. The molecule has 2 aromatic carbocycles. The molecule has 0 unspecified atom stereocenters. The first-order valence-electron chi connectivity index (χ1n) is 7.58. The second-order valence-corrected chi connectivity index (χ2v) is 6.46. The van der Waals surface area contributed by atoms with E-state index in [-0.39, 0.29) is 5.91 Å². The number of thiazole rings is 1. The maximum absolute atomic E-state index is 12.4. The second-order valence-electron chi connectivity index (χ2n) is 5.43. The number of carbonyl (C=O) groups excluding carboxylic acids is 1. The molecule has 0 saturated carbocycles. The third-order valence-electron chi connectivity index (χ3n) is 3.64. The Morgan fingerprint density at radius 2 is 2.04 bits per heavy atom. The Labute approximate surface area is 145 Å². The van der Waals surface area contributed by atoms with E-state index in [9.17, 15) is 4.79 Å². The zero-order valence-corrected chi connectivity index (χ0v) is 14.4. The van der Waals surface area contributed by atoms with Crippen molar-refractivity contribution >= 4 is 22.4 Å². The number of ether oxygens (including phenoxy) is 1. The van der Waals surface area contributed by atoms with Gasteiger partial charge >= 0.3 is 0 Å². The molecular formula is C19H18N2O2S. The highest BCUT2D eigenvalue weighted by Gasteiger charge is 2.11. The van der Waals surface area contributed by atoms with Crippen LogP contribution in [0.25, 0.3) is 10.4 Å². The third-order valence-corrected chi connectivity index (χ3v) is 4.58. The van der Waals surface area contributed by atoms with Gasteiger partial charge in [-0.05, 0) is 35.7 Å². The van der Waals surface area contributed by atoms with E-state index in [1.165, 1.54) is 16.9 Å². The van der Waals surface area contributed by atoms with E-state index in [1.807, 2.05) is 30.3 Å². The summed E-state index contributed by atoms with van der Waals surface area (Å²) in [5, 5.41) is 3.46. The van der Waals surface area contributed by atoms with E-state index in [4.69, 9.17) is 4.74 Å². The Hall–Kier alpha value is -2.50. The lowest BCUT2D eigenvalue weighted by Crippen LogP contribution is -2.11. The summed E-state index contributed by atoms with van der Waals surface area (Å²) < 4.78 is 5.10. The van der Waals surface area contributed by atoms with Crippen LogP contribution in [0.2, 0.25) is 0 Å². The molecule has 0 saturated heterocycles. The summed E-state index contributed by atoms with van der Waals surface area (Å²) in [7, 11) is 1.63. The molecule has 0 radical (unpaired) electrons. The van der Waals surface area contributed by atoms with Crippen molar-refractivity contribution in [1.29, 1.82) is 0 Å². The lowest BCUT2D eigenvalue weighted by molar-refractivity contribution is 0.102. The molecular weight excluding hydrogens is 320 g/mol. The van der Waals surface area contributed by atoms with Crippen LogP contribution in [-0.2, 0) is 11.3 Å². The van der Waals surface area contributed by atoms with Crippen molar-refractivity contribution in [2.75, 3.05) is 12.4 Å². The lowest BCUT2D eigenvalue weighted by atomic mass is 10.1. The smallest absolute Gasteiger partial charge is 0.257 e. The molecule has 1 heterocycles. The molecule has 0 aliphatic heterocycles. The summed E-state index contributed by atoms with van der Waals surface area (Å²) in [6.45, 7) is 2.55. The monoisotopic (exact) mass is 338 g/mol. The molecule has 0 fully saturated rings. The van der Waals surface area contributed by atoms with Gasteiger partial charge in [-0.15, -0.1) is 0 Å². The molecule has 0 spiro atoms. The second kappa shape index (κ2) is 7.38. The number of amides is 1. The number of hydrogen-bond acceptors (Lipinski definition) is 4. The predicted molar refractivity (Wildman–Crippen MR) is 97.4 cm³/mol. The molecule has 24 heavy (non-hydrogen) atoms. The number of anilines is 1. The Kier molecular flexibility index (Phi) is 5.03. The predicted octanol–water partition coefficient (Wildman–Crippen LogP) is 4.52. The number of carbonyl (C=O) groups is 1. The number of methoxy groups -OCH3 is 1. The summed E-state index contributed by atoms with van der Waals surface area (Å²) in [5.41, 5.74) is 3.88. The van der Waals surface area contributed by atoms with E-state index in [0.717, 1.165) is 16.0 Å². The number of hydrogen-bond donors (Lipinski definition) is 1. The van der Waals surface area contributed by atoms with Gasteiger partial charge in [0.05, 0.1) is 11.5 Å². The first-order valence-corrected chi connectivity index (χ1v) is 8.40. The summed E-state index contributed by atoms with van der Waals surface area (Å²) >= 11 is 1.47. The summed E-state index contributed by atoms with van der Waals surface area (Å²) in [6, 6.07) is 15.5. The summed E-state index contributed by atoms with van der Waals surface area (Å²) in [6.07, 6.45) is 1.80. The third kappa shape index (κ3) is 3.69. The van der Waals surface area contributed by atoms with Crippen LogP contribution in [0.5, 0.6) is 0 Å². The van der Waals surface area contributed by atoms with E-state index in [2.05, 4.69) is 29.4 Å². The van der Waals surface area contributed by atoms with Crippen molar-refractivity contribution in [2.45, 2.75) is 13.5 Å². The van der Waals surface area contributed by atoms with Crippen LogP contribution in [0.4, 0.5) is 5.13 Å². The molecule has 3 aromatic rings. The minimum Gasteiger partial charge on any atom is -0.380 e. The first-order chi connectivity index (χ1) is 11.7. The number of benzene rings is 2. The molecule has 0 aliphatic rings. The summed E-state index contributed by atoms with van der Waals surface area (Å²) in [5.74, 6) is -0.168. The maximum atomic E-state index is 12.4. The normalized spacial score (nSPS) is 10.6. The van der Waals surface area contributed by atoms with Gasteiger partial charge in [0.15, 0.2) is 5.13 Å². The standard InChI is InChI=1S/C19H18N2O2S/c1-13-6-3-4-9-16(13)17-11-20-19(24-17)21-18(22)15-8-5-7-14(10-15)12-23-2/h3-11H,12H2,1-2H3,(H,20,21,22). The van der Waals surface area contributed by atoms with Crippen LogP contribution < -0.4 is 5.32 Å². The minimum absolute atomic E-state index is 0.168. The van der Waals surface area contributed by atoms with Crippen molar-refractivity contribution < 1.29 is 9.53 Å². The van der Waals surface area contributed by atoms with Crippen molar-refractivity contribution in [3.8, 4) is 10.4 Å². The molecule has 5 heteroatoms. The van der Waals surface area contributed by atoms with Gasteiger partial charge in [-0.2, -0.15) is 0 Å². The highest BCUT2D eigenvalue weighted by atomic mass is 32.1. The van der Waals surface area contributed by atoms with Crippen molar-refractivity contribution in [1.82, 2.24) is 4.98 Å². The minimum atomic E-state index is -0.168. The Morgan fingerprint density at radius 3 is 2.83 bits per heavy atom. The molecule has 0 atom stereocenters. The van der Waals surface area contributed by atoms with Crippen molar-refractivity contribution in [2.24, 2.45) is 0 Å². The van der Waals surface area contributed by atoms with Gasteiger partial charge in [0.25, 0.3) is 5.91 Å². The largest absolute Gasteiger partial charge is 0.380 e. The van der Waals surface area contributed by atoms with Crippen molar-refractivity contribution in [3.05, 3.63) is 71.4 Å². The van der Waals surface area contributed by atoms with Crippen LogP contribution in [0, 0.1) is 6.92 Å². The van der Waals surface area contributed by atoms with Gasteiger partial charge in [-0.25, -0.2) is 4.98 Å². The fourth-order valence-electron chi connectivity index (χ4n) is 2.44. The van der Waals surface area contributed by atoms with Gasteiger partial charge in [0, 0.05) is 18.9 Å². The van der Waals surface area contributed by atoms with Crippen LogP contribution in [0.1, 0.15) is 21.5 Å². The Morgan fingerprint density at radius 1 is 1.21 bits per heavy atom. The van der Waals surface area contributed by atoms with Gasteiger partial charge in [0.1, 0.15) is 0 Å². The maximum Gasteiger partial charge on any atom is 0.257 e. The molecule has 122 valence electrons. The van der Waals surface area contributed by atoms with Gasteiger partial charge in [-0.3, -0.25) is 10.1 Å².